The lowest BCUT2D eigenvalue weighted by molar-refractivity contribution is 0.174. The molecule has 0 aliphatic carbocycles. The van der Waals surface area contributed by atoms with Crippen LogP contribution >= 0.6 is 23.1 Å². The minimum atomic E-state index is 0.253. The van der Waals surface area contributed by atoms with E-state index in [1.807, 2.05) is 25.1 Å². The Hall–Kier alpha value is -3.16. The zero-order chi connectivity index (χ0) is 20.8. The standard InChI is InChI=1S/C24H17N3O2S2/c1-14-25-22-23(31-14)21(16-9-10-19-20(11-16)29-13-28-19)26-27-24(22)30-12-17-7-4-6-15-5-2-3-8-18(15)17/h2-11H,12-13H2,1H3. The van der Waals surface area contributed by atoms with Crippen molar-refractivity contribution in [2.45, 2.75) is 17.7 Å². The molecule has 6 rings (SSSR count). The van der Waals surface area contributed by atoms with Gasteiger partial charge in [0.25, 0.3) is 0 Å². The molecule has 7 heteroatoms. The van der Waals surface area contributed by atoms with Gasteiger partial charge in [0.1, 0.15) is 16.2 Å². The van der Waals surface area contributed by atoms with Crippen LogP contribution in [0.2, 0.25) is 0 Å². The third-order valence-electron chi connectivity index (χ3n) is 5.28. The molecule has 3 heterocycles. The van der Waals surface area contributed by atoms with Crippen LogP contribution in [0.4, 0.5) is 0 Å². The number of hydrogen-bond acceptors (Lipinski definition) is 7. The zero-order valence-electron chi connectivity index (χ0n) is 16.7. The summed E-state index contributed by atoms with van der Waals surface area (Å²) in [7, 11) is 0. The minimum Gasteiger partial charge on any atom is -0.454 e. The maximum absolute atomic E-state index is 5.54. The van der Waals surface area contributed by atoms with Crippen molar-refractivity contribution in [3.05, 3.63) is 71.2 Å². The summed E-state index contributed by atoms with van der Waals surface area (Å²) in [6.07, 6.45) is 0. The van der Waals surface area contributed by atoms with Crippen LogP contribution in [-0.4, -0.2) is 22.0 Å². The normalized spacial score (nSPS) is 12.7. The van der Waals surface area contributed by atoms with Gasteiger partial charge in [-0.3, -0.25) is 0 Å². The number of nitrogens with zero attached hydrogens (tertiary/aromatic N) is 3. The average molecular weight is 444 g/mol. The second-order valence-corrected chi connectivity index (χ2v) is 9.43. The van der Waals surface area contributed by atoms with Crippen LogP contribution in [0.1, 0.15) is 10.6 Å². The van der Waals surface area contributed by atoms with E-state index in [0.717, 1.165) is 48.8 Å². The first kappa shape index (κ1) is 18.6. The van der Waals surface area contributed by atoms with E-state index in [4.69, 9.17) is 14.5 Å². The number of hydrogen-bond donors (Lipinski definition) is 0. The molecule has 0 N–H and O–H groups in total. The van der Waals surface area contributed by atoms with E-state index in [0.29, 0.717) is 0 Å². The summed E-state index contributed by atoms with van der Waals surface area (Å²) < 4.78 is 12.0. The first-order valence-corrected chi connectivity index (χ1v) is 11.7. The lowest BCUT2D eigenvalue weighted by Crippen LogP contribution is -1.94. The summed E-state index contributed by atoms with van der Waals surface area (Å²) in [5.41, 5.74) is 3.98. The molecule has 31 heavy (non-hydrogen) atoms. The fraction of sp³-hybridized carbons (Fsp3) is 0.125. The first-order chi connectivity index (χ1) is 15.3. The van der Waals surface area contributed by atoms with Gasteiger partial charge < -0.3 is 9.47 Å². The number of aromatic nitrogens is 3. The van der Waals surface area contributed by atoms with Gasteiger partial charge in [-0.15, -0.1) is 21.5 Å². The summed E-state index contributed by atoms with van der Waals surface area (Å²) in [6, 6.07) is 20.8. The SMILES string of the molecule is Cc1nc2c(SCc3cccc4ccccc34)nnc(-c3ccc4c(c3)OCO4)c2s1. The van der Waals surface area contributed by atoms with E-state index < -0.39 is 0 Å². The van der Waals surface area contributed by atoms with Gasteiger partial charge in [0, 0.05) is 11.3 Å². The van der Waals surface area contributed by atoms with Crippen molar-refractivity contribution < 1.29 is 9.47 Å². The molecule has 0 fully saturated rings. The number of rotatable bonds is 4. The largest absolute Gasteiger partial charge is 0.454 e. The molecule has 0 amide bonds. The van der Waals surface area contributed by atoms with Crippen LogP contribution in [0.25, 0.3) is 32.2 Å². The molecule has 5 aromatic rings. The molecule has 0 atom stereocenters. The van der Waals surface area contributed by atoms with E-state index >= 15 is 0 Å². The molecule has 0 radical (unpaired) electrons. The lowest BCUT2D eigenvalue weighted by atomic mass is 10.1. The minimum absolute atomic E-state index is 0.253. The smallest absolute Gasteiger partial charge is 0.231 e. The number of thiazole rings is 1. The predicted molar refractivity (Wildman–Crippen MR) is 125 cm³/mol. The van der Waals surface area contributed by atoms with Crippen LogP contribution in [0.5, 0.6) is 11.5 Å². The molecular formula is C24H17N3O2S2. The van der Waals surface area contributed by atoms with Crippen molar-refractivity contribution in [2.75, 3.05) is 6.79 Å². The molecule has 3 aromatic carbocycles. The molecule has 1 aliphatic heterocycles. The Kier molecular flexibility index (Phi) is 4.51. The predicted octanol–water partition coefficient (Wildman–Crippen LogP) is 6.24. The van der Waals surface area contributed by atoms with Gasteiger partial charge in [-0.2, -0.15) is 0 Å². The quantitative estimate of drug-likeness (QED) is 0.307. The summed E-state index contributed by atoms with van der Waals surface area (Å²) >= 11 is 3.33. The van der Waals surface area contributed by atoms with E-state index in [2.05, 4.69) is 52.7 Å². The van der Waals surface area contributed by atoms with Crippen LogP contribution in [0.3, 0.4) is 0 Å². The van der Waals surface area contributed by atoms with E-state index in [-0.39, 0.29) is 6.79 Å². The Labute approximate surface area is 187 Å². The maximum atomic E-state index is 5.54. The number of fused-ring (bicyclic) bond motifs is 3. The molecule has 0 unspecified atom stereocenters. The Morgan fingerprint density at radius 3 is 2.81 bits per heavy atom. The van der Waals surface area contributed by atoms with Gasteiger partial charge in [-0.25, -0.2) is 4.98 Å². The fourth-order valence-electron chi connectivity index (χ4n) is 3.82. The van der Waals surface area contributed by atoms with Gasteiger partial charge in [0.15, 0.2) is 11.5 Å². The highest BCUT2D eigenvalue weighted by Crippen LogP contribution is 2.40. The molecule has 2 aromatic heterocycles. The van der Waals surface area contributed by atoms with Gasteiger partial charge >= 0.3 is 0 Å². The van der Waals surface area contributed by atoms with Gasteiger partial charge in [-0.05, 0) is 41.5 Å². The molecule has 0 bridgehead atoms. The van der Waals surface area contributed by atoms with Gasteiger partial charge in [-0.1, -0.05) is 54.2 Å². The summed E-state index contributed by atoms with van der Waals surface area (Å²) in [5, 5.41) is 13.5. The monoisotopic (exact) mass is 443 g/mol. The van der Waals surface area contributed by atoms with E-state index in [1.54, 1.807) is 23.1 Å². The number of thioether (sulfide) groups is 1. The second-order valence-electron chi connectivity index (χ2n) is 7.26. The third-order valence-corrected chi connectivity index (χ3v) is 7.26. The Bertz CT molecular complexity index is 1440. The Morgan fingerprint density at radius 2 is 1.84 bits per heavy atom. The zero-order valence-corrected chi connectivity index (χ0v) is 18.3. The molecule has 0 saturated carbocycles. The number of ether oxygens (including phenoxy) is 2. The number of aryl methyl sites for hydroxylation is 1. The lowest BCUT2D eigenvalue weighted by Gasteiger charge is -2.08. The van der Waals surface area contributed by atoms with Crippen LogP contribution in [-0.2, 0) is 5.75 Å². The first-order valence-electron chi connectivity index (χ1n) is 9.89. The van der Waals surface area contributed by atoms with Crippen molar-refractivity contribution >= 4 is 44.1 Å². The fourth-order valence-corrected chi connectivity index (χ4v) is 5.73. The Balaban J connectivity index is 1.38. The highest BCUT2D eigenvalue weighted by Gasteiger charge is 2.19. The molecule has 0 saturated heterocycles. The van der Waals surface area contributed by atoms with Crippen molar-refractivity contribution in [2.24, 2.45) is 0 Å². The maximum Gasteiger partial charge on any atom is 0.231 e. The molecule has 0 spiro atoms. The molecule has 5 nitrogen and oxygen atoms in total. The van der Waals surface area contributed by atoms with Crippen molar-refractivity contribution in [3.8, 4) is 22.8 Å². The summed E-state index contributed by atoms with van der Waals surface area (Å²) in [5.74, 6) is 2.31. The van der Waals surface area contributed by atoms with Crippen LogP contribution < -0.4 is 9.47 Å². The topological polar surface area (TPSA) is 57.1 Å². The molecule has 152 valence electrons. The van der Waals surface area contributed by atoms with E-state index in [1.165, 1.54) is 16.3 Å². The summed E-state index contributed by atoms with van der Waals surface area (Å²) in [4.78, 5) is 4.79. The molecular weight excluding hydrogens is 426 g/mol. The van der Waals surface area contributed by atoms with Crippen molar-refractivity contribution in [1.29, 1.82) is 0 Å². The van der Waals surface area contributed by atoms with Crippen molar-refractivity contribution in [3.63, 3.8) is 0 Å². The average Bonchev–Trinajstić information content (AvgIpc) is 3.43. The molecule has 1 aliphatic rings. The van der Waals surface area contributed by atoms with Crippen molar-refractivity contribution in [1.82, 2.24) is 15.2 Å². The highest BCUT2D eigenvalue weighted by atomic mass is 32.2. The number of benzene rings is 3. The second kappa shape index (κ2) is 7.51. The summed E-state index contributed by atoms with van der Waals surface area (Å²) in [6.45, 7) is 2.27. The van der Waals surface area contributed by atoms with Gasteiger partial charge in [0.2, 0.25) is 6.79 Å². The van der Waals surface area contributed by atoms with Gasteiger partial charge in [0.05, 0.1) is 9.71 Å². The van der Waals surface area contributed by atoms with Crippen LogP contribution in [0.15, 0.2) is 65.7 Å². The Morgan fingerprint density at radius 1 is 0.968 bits per heavy atom. The third kappa shape index (κ3) is 3.30. The van der Waals surface area contributed by atoms with Crippen LogP contribution in [0, 0.1) is 6.92 Å². The van der Waals surface area contributed by atoms with E-state index in [9.17, 15) is 0 Å². The highest BCUT2D eigenvalue weighted by molar-refractivity contribution is 7.98.